The van der Waals surface area contributed by atoms with Gasteiger partial charge >= 0.3 is 11.9 Å². The van der Waals surface area contributed by atoms with Gasteiger partial charge in [-0.05, 0) is 25.7 Å². The van der Waals surface area contributed by atoms with Gasteiger partial charge in [0.25, 0.3) is 0 Å². The number of hydrogen-bond acceptors (Lipinski definition) is 7. The van der Waals surface area contributed by atoms with E-state index in [1.165, 1.54) is 0 Å². The highest BCUT2D eigenvalue weighted by Gasteiger charge is 2.15. The monoisotopic (exact) mass is 307 g/mol. The van der Waals surface area contributed by atoms with E-state index in [0.29, 0.717) is 0 Å². The van der Waals surface area contributed by atoms with Gasteiger partial charge in [-0.15, -0.1) is 0 Å². The first-order valence-corrected chi connectivity index (χ1v) is 6.77. The summed E-state index contributed by atoms with van der Waals surface area (Å²) >= 11 is 0. The van der Waals surface area contributed by atoms with Gasteiger partial charge in [0.2, 0.25) is 0 Å². The Hall–Kier alpha value is -1.26. The predicted octanol–water partition coefficient (Wildman–Crippen LogP) is -2.32. The SMILES string of the molecule is NC(CCC(O)CNC[C@H](O)CC[C@H](N)C(=O)O)C(=O)O. The smallest absolute Gasteiger partial charge is 0.320 e. The molecule has 0 saturated heterocycles. The van der Waals surface area contributed by atoms with Crippen molar-refractivity contribution >= 4 is 11.9 Å². The van der Waals surface area contributed by atoms with Crippen LogP contribution in [0, 0.1) is 0 Å². The van der Waals surface area contributed by atoms with Gasteiger partial charge < -0.3 is 37.2 Å². The number of hydrogen-bond donors (Lipinski definition) is 7. The first-order valence-electron chi connectivity index (χ1n) is 6.77. The number of rotatable bonds is 12. The molecule has 0 aliphatic rings. The van der Waals surface area contributed by atoms with Crippen molar-refractivity contribution in [2.24, 2.45) is 11.5 Å². The molecule has 0 spiro atoms. The highest BCUT2D eigenvalue weighted by molar-refractivity contribution is 5.73. The van der Waals surface area contributed by atoms with Gasteiger partial charge in [0, 0.05) is 13.1 Å². The van der Waals surface area contributed by atoms with Crippen LogP contribution in [-0.4, -0.2) is 69.7 Å². The molecule has 0 aliphatic carbocycles. The van der Waals surface area contributed by atoms with Crippen molar-refractivity contribution < 1.29 is 30.0 Å². The molecule has 0 rings (SSSR count). The number of nitrogens with one attached hydrogen (secondary N) is 1. The third-order valence-electron chi connectivity index (χ3n) is 3.02. The summed E-state index contributed by atoms with van der Waals surface area (Å²) in [6, 6.07) is -1.99. The van der Waals surface area contributed by atoms with E-state index in [9.17, 15) is 19.8 Å². The van der Waals surface area contributed by atoms with Gasteiger partial charge in [-0.2, -0.15) is 0 Å². The molecule has 0 aromatic heterocycles. The first kappa shape index (κ1) is 19.7. The van der Waals surface area contributed by atoms with Crippen molar-refractivity contribution in [2.45, 2.75) is 50.0 Å². The minimum absolute atomic E-state index is 0.161. The summed E-state index contributed by atoms with van der Waals surface area (Å²) in [6.07, 6.45) is -0.726. The van der Waals surface area contributed by atoms with Crippen molar-refractivity contribution in [1.82, 2.24) is 5.32 Å². The van der Waals surface area contributed by atoms with E-state index in [-0.39, 0.29) is 38.8 Å². The zero-order valence-electron chi connectivity index (χ0n) is 11.8. The highest BCUT2D eigenvalue weighted by atomic mass is 16.4. The fourth-order valence-electron chi connectivity index (χ4n) is 1.61. The van der Waals surface area contributed by atoms with Crippen LogP contribution in [0.3, 0.4) is 0 Å². The van der Waals surface area contributed by atoms with Gasteiger partial charge in [-0.1, -0.05) is 0 Å². The van der Waals surface area contributed by atoms with Crippen LogP contribution in [0.4, 0.5) is 0 Å². The lowest BCUT2D eigenvalue weighted by Gasteiger charge is -2.16. The molecule has 0 bridgehead atoms. The Morgan fingerprint density at radius 3 is 1.43 bits per heavy atom. The van der Waals surface area contributed by atoms with Crippen molar-refractivity contribution in [1.29, 1.82) is 0 Å². The summed E-state index contributed by atoms with van der Waals surface area (Å²) < 4.78 is 0. The molecule has 0 radical (unpaired) electrons. The molecular weight excluding hydrogens is 282 g/mol. The fraction of sp³-hybridized carbons (Fsp3) is 0.833. The minimum atomic E-state index is -1.11. The van der Waals surface area contributed by atoms with E-state index in [0.717, 1.165) is 0 Å². The first-order chi connectivity index (χ1) is 9.73. The summed E-state index contributed by atoms with van der Waals surface area (Å²) in [5.74, 6) is -2.22. The summed E-state index contributed by atoms with van der Waals surface area (Å²) in [5, 5.41) is 39.2. The van der Waals surface area contributed by atoms with E-state index < -0.39 is 36.2 Å². The molecule has 9 N–H and O–H groups in total. The Kier molecular flexibility index (Phi) is 9.84. The lowest BCUT2D eigenvalue weighted by molar-refractivity contribution is -0.139. The Balaban J connectivity index is 3.68. The molecule has 0 heterocycles. The van der Waals surface area contributed by atoms with Crippen LogP contribution in [0.2, 0.25) is 0 Å². The van der Waals surface area contributed by atoms with Gasteiger partial charge in [0.1, 0.15) is 12.1 Å². The summed E-state index contributed by atoms with van der Waals surface area (Å²) in [4.78, 5) is 21.0. The second-order valence-corrected chi connectivity index (χ2v) is 5.01. The number of aliphatic hydroxyl groups is 2. The molecule has 4 atom stereocenters. The summed E-state index contributed by atoms with van der Waals surface area (Å²) in [5.41, 5.74) is 10.6. The van der Waals surface area contributed by atoms with Crippen LogP contribution in [0.1, 0.15) is 25.7 Å². The molecule has 0 amide bonds. The van der Waals surface area contributed by atoms with E-state index in [2.05, 4.69) is 5.32 Å². The molecule has 0 fully saturated rings. The molecule has 0 aromatic carbocycles. The molecule has 124 valence electrons. The summed E-state index contributed by atoms with van der Waals surface area (Å²) in [7, 11) is 0. The Labute approximate surface area is 122 Å². The van der Waals surface area contributed by atoms with E-state index in [1.54, 1.807) is 0 Å². The maximum Gasteiger partial charge on any atom is 0.320 e. The molecule has 0 aliphatic heterocycles. The normalized spacial score (nSPS) is 17.0. The van der Waals surface area contributed by atoms with Crippen molar-refractivity contribution in [3.63, 3.8) is 0 Å². The third-order valence-corrected chi connectivity index (χ3v) is 3.02. The quantitative estimate of drug-likeness (QED) is 0.208. The third kappa shape index (κ3) is 10.2. The van der Waals surface area contributed by atoms with Gasteiger partial charge in [-0.25, -0.2) is 0 Å². The maximum absolute atomic E-state index is 10.5. The Bertz CT molecular complexity index is 298. The summed E-state index contributed by atoms with van der Waals surface area (Å²) in [6.45, 7) is 0.378. The number of aliphatic carboxylic acids is 2. The zero-order valence-corrected chi connectivity index (χ0v) is 11.8. The second-order valence-electron chi connectivity index (χ2n) is 5.01. The number of carboxylic acids is 2. The fourth-order valence-corrected chi connectivity index (χ4v) is 1.61. The molecule has 0 aromatic rings. The molecule has 9 nitrogen and oxygen atoms in total. The zero-order chi connectivity index (χ0) is 16.4. The molecule has 21 heavy (non-hydrogen) atoms. The Morgan fingerprint density at radius 1 is 0.810 bits per heavy atom. The number of aliphatic hydroxyl groups excluding tert-OH is 2. The van der Waals surface area contributed by atoms with Crippen LogP contribution in [0.15, 0.2) is 0 Å². The number of nitrogens with two attached hydrogens (primary N) is 2. The molecule has 0 saturated carbocycles. The van der Waals surface area contributed by atoms with Crippen LogP contribution in [-0.2, 0) is 9.59 Å². The van der Waals surface area contributed by atoms with Crippen LogP contribution < -0.4 is 16.8 Å². The van der Waals surface area contributed by atoms with Gasteiger partial charge in [-0.3, -0.25) is 9.59 Å². The van der Waals surface area contributed by atoms with E-state index >= 15 is 0 Å². The minimum Gasteiger partial charge on any atom is -0.480 e. The van der Waals surface area contributed by atoms with Crippen LogP contribution >= 0.6 is 0 Å². The lowest BCUT2D eigenvalue weighted by atomic mass is 10.1. The standard InChI is InChI=1S/C12H25N3O6/c13-9(11(18)19)3-1-7(16)5-15-6-8(17)2-4-10(14)12(20)21/h7-10,15-17H,1-6,13-14H2,(H,18,19)(H,20,21)/t7-,8?,9+,10?/m1/s1. The topological polar surface area (TPSA) is 179 Å². The largest absolute Gasteiger partial charge is 0.480 e. The highest BCUT2D eigenvalue weighted by Crippen LogP contribution is 2.02. The van der Waals surface area contributed by atoms with Gasteiger partial charge in [0.15, 0.2) is 0 Å². The second kappa shape index (κ2) is 10.5. The number of carbonyl (C=O) groups is 2. The van der Waals surface area contributed by atoms with E-state index in [1.807, 2.05) is 0 Å². The van der Waals surface area contributed by atoms with Crippen molar-refractivity contribution in [3.8, 4) is 0 Å². The predicted molar refractivity (Wildman–Crippen MR) is 74.6 cm³/mol. The average Bonchev–Trinajstić information content (AvgIpc) is 2.41. The van der Waals surface area contributed by atoms with Crippen molar-refractivity contribution in [2.75, 3.05) is 13.1 Å². The van der Waals surface area contributed by atoms with Crippen LogP contribution in [0.5, 0.6) is 0 Å². The van der Waals surface area contributed by atoms with E-state index in [4.69, 9.17) is 21.7 Å². The molecule has 9 heteroatoms. The van der Waals surface area contributed by atoms with Crippen molar-refractivity contribution in [3.05, 3.63) is 0 Å². The number of carboxylic acid groups (broad SMARTS) is 2. The Morgan fingerprint density at radius 2 is 1.14 bits per heavy atom. The molecular formula is C12H25N3O6. The van der Waals surface area contributed by atoms with Gasteiger partial charge in [0.05, 0.1) is 12.2 Å². The van der Waals surface area contributed by atoms with Crippen LogP contribution in [0.25, 0.3) is 0 Å². The maximum atomic E-state index is 10.5. The lowest BCUT2D eigenvalue weighted by Crippen LogP contribution is -2.37. The average molecular weight is 307 g/mol. The molecule has 2 unspecified atom stereocenters.